The molecule has 136 valence electrons. The van der Waals surface area contributed by atoms with Crippen molar-refractivity contribution in [1.29, 1.82) is 0 Å². The van der Waals surface area contributed by atoms with Crippen LogP contribution in [0.5, 0.6) is 0 Å². The van der Waals surface area contributed by atoms with Gasteiger partial charge in [-0.15, -0.1) is 0 Å². The largest absolute Gasteiger partial charge is 0.449 e. The van der Waals surface area contributed by atoms with Crippen molar-refractivity contribution in [2.75, 3.05) is 13.2 Å². The van der Waals surface area contributed by atoms with Gasteiger partial charge in [0.15, 0.2) is 0 Å². The molecule has 0 aromatic rings. The second-order valence-electron chi connectivity index (χ2n) is 7.39. The number of aldehydes is 1. The van der Waals surface area contributed by atoms with Crippen molar-refractivity contribution in [3.8, 4) is 0 Å². The number of nitrogens with one attached hydrogen (secondary N) is 1. The maximum atomic E-state index is 13.0. The topological polar surface area (TPSA) is 75.7 Å². The number of likely N-dealkylation sites (tertiary alicyclic amines) is 1. The van der Waals surface area contributed by atoms with Crippen molar-refractivity contribution >= 4 is 18.3 Å². The first-order chi connectivity index (χ1) is 11.5. The average molecular weight is 338 g/mol. The van der Waals surface area contributed by atoms with Crippen molar-refractivity contribution in [3.63, 3.8) is 0 Å². The predicted molar refractivity (Wildman–Crippen MR) is 90.5 cm³/mol. The number of alkyl carbamates (subject to hydrolysis) is 1. The maximum absolute atomic E-state index is 13.0. The molecular weight excluding hydrogens is 308 g/mol. The smallest absolute Gasteiger partial charge is 0.407 e. The second-order valence-corrected chi connectivity index (χ2v) is 7.39. The lowest BCUT2D eigenvalue weighted by Gasteiger charge is -2.33. The highest BCUT2D eigenvalue weighted by Crippen LogP contribution is 2.29. The van der Waals surface area contributed by atoms with Gasteiger partial charge in [-0.3, -0.25) is 4.79 Å². The third-order valence-corrected chi connectivity index (χ3v) is 4.95. The Morgan fingerprint density at radius 2 is 1.88 bits per heavy atom. The molecule has 2 amide bonds. The minimum atomic E-state index is -0.578. The van der Waals surface area contributed by atoms with Gasteiger partial charge in [0.05, 0.1) is 12.6 Å². The first kappa shape index (κ1) is 18.7. The monoisotopic (exact) mass is 338 g/mol. The van der Waals surface area contributed by atoms with Crippen molar-refractivity contribution in [1.82, 2.24) is 10.2 Å². The van der Waals surface area contributed by atoms with Crippen LogP contribution in [-0.4, -0.2) is 48.4 Å². The van der Waals surface area contributed by atoms with Gasteiger partial charge in [0.1, 0.15) is 12.3 Å². The number of carbonyl (C=O) groups excluding carboxylic acids is 3. The molecule has 1 aliphatic carbocycles. The molecular formula is C18H30N2O4. The van der Waals surface area contributed by atoms with Crippen LogP contribution >= 0.6 is 0 Å². The molecule has 1 unspecified atom stereocenters. The van der Waals surface area contributed by atoms with Crippen molar-refractivity contribution in [3.05, 3.63) is 0 Å². The second kappa shape index (κ2) is 9.04. The van der Waals surface area contributed by atoms with Gasteiger partial charge in [-0.05, 0) is 37.5 Å². The van der Waals surface area contributed by atoms with Gasteiger partial charge < -0.3 is 19.7 Å². The Morgan fingerprint density at radius 1 is 1.17 bits per heavy atom. The summed E-state index contributed by atoms with van der Waals surface area (Å²) in [5, 5.41) is 2.80. The summed E-state index contributed by atoms with van der Waals surface area (Å²) in [6.07, 6.45) is 7.06. The predicted octanol–water partition coefficient (Wildman–Crippen LogP) is 2.51. The van der Waals surface area contributed by atoms with Crippen LogP contribution in [0.2, 0.25) is 0 Å². The van der Waals surface area contributed by atoms with E-state index in [1.165, 1.54) is 6.42 Å². The Labute approximate surface area is 144 Å². The zero-order chi connectivity index (χ0) is 17.5. The molecule has 1 saturated heterocycles. The van der Waals surface area contributed by atoms with Crippen LogP contribution in [0.15, 0.2) is 0 Å². The number of carbonyl (C=O) groups is 3. The summed E-state index contributed by atoms with van der Waals surface area (Å²) in [4.78, 5) is 37.9. The molecule has 0 aromatic heterocycles. The normalized spacial score (nSPS) is 23.1. The van der Waals surface area contributed by atoms with Crippen molar-refractivity contribution < 1.29 is 19.1 Å². The SMILES string of the molecule is CC(C)COC(=O)NC(C(=O)N1CCC[C@H]1C=O)C1CCCCC1. The zero-order valence-electron chi connectivity index (χ0n) is 14.8. The summed E-state index contributed by atoms with van der Waals surface area (Å²) in [6.45, 7) is 4.86. The van der Waals surface area contributed by atoms with Crippen molar-refractivity contribution in [2.24, 2.45) is 11.8 Å². The molecule has 0 radical (unpaired) electrons. The van der Waals surface area contributed by atoms with Gasteiger partial charge in [0.2, 0.25) is 5.91 Å². The fourth-order valence-electron chi connectivity index (χ4n) is 3.65. The minimum Gasteiger partial charge on any atom is -0.449 e. The Hall–Kier alpha value is -1.59. The van der Waals surface area contributed by atoms with Gasteiger partial charge in [-0.25, -0.2) is 4.79 Å². The third-order valence-electron chi connectivity index (χ3n) is 4.95. The van der Waals surface area contributed by atoms with Crippen LogP contribution in [0.1, 0.15) is 58.8 Å². The van der Waals surface area contributed by atoms with Crippen LogP contribution < -0.4 is 5.32 Å². The van der Waals surface area contributed by atoms with Crippen LogP contribution in [0.25, 0.3) is 0 Å². The van der Waals surface area contributed by atoms with E-state index in [2.05, 4.69) is 5.32 Å². The fourth-order valence-corrected chi connectivity index (χ4v) is 3.65. The van der Waals surface area contributed by atoms with Crippen molar-refractivity contribution in [2.45, 2.75) is 70.9 Å². The Morgan fingerprint density at radius 3 is 2.50 bits per heavy atom. The lowest BCUT2D eigenvalue weighted by atomic mass is 9.83. The molecule has 1 saturated carbocycles. The third kappa shape index (κ3) is 4.95. The fraction of sp³-hybridized carbons (Fsp3) is 0.833. The summed E-state index contributed by atoms with van der Waals surface area (Å²) < 4.78 is 5.20. The molecule has 1 aliphatic heterocycles. The van der Waals surface area contributed by atoms with E-state index in [-0.39, 0.29) is 23.8 Å². The average Bonchev–Trinajstić information content (AvgIpc) is 3.06. The Bertz CT molecular complexity index is 446. The minimum absolute atomic E-state index is 0.127. The molecule has 2 fully saturated rings. The van der Waals surface area contributed by atoms with Gasteiger partial charge in [-0.1, -0.05) is 33.1 Å². The van der Waals surface area contributed by atoms with Crippen LogP contribution in [0, 0.1) is 11.8 Å². The summed E-state index contributed by atoms with van der Waals surface area (Å²) in [5.41, 5.74) is 0. The van der Waals surface area contributed by atoms with E-state index in [0.717, 1.165) is 38.4 Å². The molecule has 0 spiro atoms. The highest BCUT2D eigenvalue weighted by molar-refractivity contribution is 5.88. The van der Waals surface area contributed by atoms with E-state index in [1.807, 2.05) is 13.8 Å². The molecule has 1 heterocycles. The lowest BCUT2D eigenvalue weighted by molar-refractivity contribution is -0.138. The molecule has 2 atom stereocenters. The number of amides is 2. The molecule has 24 heavy (non-hydrogen) atoms. The molecule has 6 heteroatoms. The number of rotatable bonds is 6. The number of ether oxygens (including phenoxy) is 1. The standard InChI is InChI=1S/C18H30N2O4/c1-13(2)12-24-18(23)19-16(14-7-4-3-5-8-14)17(22)20-10-6-9-15(20)11-21/h11,13-16H,3-10,12H2,1-2H3,(H,19,23)/t15-,16?/m0/s1. The summed E-state index contributed by atoms with van der Waals surface area (Å²) >= 11 is 0. The van der Waals surface area contributed by atoms with E-state index < -0.39 is 12.1 Å². The van der Waals surface area contributed by atoms with Gasteiger partial charge in [0.25, 0.3) is 0 Å². The van der Waals surface area contributed by atoms with Crippen LogP contribution in [-0.2, 0) is 14.3 Å². The van der Waals surface area contributed by atoms with Crippen LogP contribution in [0.4, 0.5) is 4.79 Å². The highest BCUT2D eigenvalue weighted by Gasteiger charge is 2.38. The lowest BCUT2D eigenvalue weighted by Crippen LogP contribution is -2.54. The summed E-state index contributed by atoms with van der Waals surface area (Å²) in [6, 6.07) is -0.928. The quantitative estimate of drug-likeness (QED) is 0.755. The van der Waals surface area contributed by atoms with E-state index in [4.69, 9.17) is 4.74 Å². The van der Waals surface area contributed by atoms with E-state index in [9.17, 15) is 14.4 Å². The highest BCUT2D eigenvalue weighted by atomic mass is 16.5. The number of nitrogens with zero attached hydrogens (tertiary/aromatic N) is 1. The molecule has 2 rings (SSSR count). The maximum Gasteiger partial charge on any atom is 0.407 e. The van der Waals surface area contributed by atoms with Gasteiger partial charge in [0, 0.05) is 6.54 Å². The zero-order valence-corrected chi connectivity index (χ0v) is 14.8. The first-order valence-electron chi connectivity index (χ1n) is 9.22. The van der Waals surface area contributed by atoms with Crippen LogP contribution in [0.3, 0.4) is 0 Å². The molecule has 0 aromatic carbocycles. The van der Waals surface area contributed by atoms with E-state index in [0.29, 0.717) is 19.6 Å². The summed E-state index contributed by atoms with van der Waals surface area (Å²) in [7, 11) is 0. The summed E-state index contributed by atoms with van der Waals surface area (Å²) in [5.74, 6) is 0.251. The number of hydrogen-bond acceptors (Lipinski definition) is 4. The van der Waals surface area contributed by atoms with E-state index in [1.54, 1.807) is 4.90 Å². The molecule has 1 N–H and O–H groups in total. The first-order valence-corrected chi connectivity index (χ1v) is 9.22. The van der Waals surface area contributed by atoms with Gasteiger partial charge in [-0.2, -0.15) is 0 Å². The van der Waals surface area contributed by atoms with E-state index >= 15 is 0 Å². The Kier molecular flexibility index (Phi) is 7.06. The Balaban J connectivity index is 2.05. The van der Waals surface area contributed by atoms with Gasteiger partial charge >= 0.3 is 6.09 Å². The molecule has 6 nitrogen and oxygen atoms in total. The molecule has 0 bridgehead atoms. The number of hydrogen-bond donors (Lipinski definition) is 1. The molecule has 2 aliphatic rings.